The van der Waals surface area contributed by atoms with Crippen molar-refractivity contribution in [1.29, 1.82) is 0 Å². The van der Waals surface area contributed by atoms with Gasteiger partial charge in [-0.2, -0.15) is 10.2 Å². The Labute approximate surface area is 57.0 Å². The van der Waals surface area contributed by atoms with Gasteiger partial charge in [-0.15, -0.1) is 0 Å². The van der Waals surface area contributed by atoms with Gasteiger partial charge in [0.05, 0.1) is 0 Å². The molecule has 0 heterocycles. The minimum absolute atomic E-state index is 1.58. The van der Waals surface area contributed by atoms with E-state index in [-0.39, 0.29) is 0 Å². The summed E-state index contributed by atoms with van der Waals surface area (Å²) in [5.41, 5.74) is 0. The first-order chi connectivity index (χ1) is 4.41. The third-order valence-electron chi connectivity index (χ3n) is 0.427. The Bertz CT molecular complexity index is 93.1. The number of rotatable bonds is 2. The van der Waals surface area contributed by atoms with Crippen LogP contribution in [0.1, 0.15) is 20.8 Å². The first-order valence-electron chi connectivity index (χ1n) is 3.02. The van der Waals surface area contributed by atoms with Gasteiger partial charge in [-0.3, -0.25) is 0 Å². The van der Waals surface area contributed by atoms with Crippen LogP contribution in [0.3, 0.4) is 0 Å². The third kappa shape index (κ3) is 19.3. The molecule has 0 N–H and O–H groups in total. The molecule has 2 nitrogen and oxygen atoms in total. The van der Waals surface area contributed by atoms with Crippen LogP contribution in [0.15, 0.2) is 22.4 Å². The topological polar surface area (TPSA) is 24.7 Å². The Morgan fingerprint density at radius 2 is 1.89 bits per heavy atom. The molecule has 52 valence electrons. The summed E-state index contributed by atoms with van der Waals surface area (Å²) < 4.78 is 0. The standard InChI is InChI=1S/C5H8N2.C2H6/c1-3-4-5-7-6-2;1-2/h3-5H,2H2,1H3;1-2H3/b4-3-,7-5-;. The van der Waals surface area contributed by atoms with Crippen LogP contribution in [0.2, 0.25) is 0 Å². The zero-order valence-electron chi connectivity index (χ0n) is 6.33. The molecule has 0 aromatic rings. The smallest absolute Gasteiger partial charge is 0.0492 e. The Morgan fingerprint density at radius 3 is 2.22 bits per heavy atom. The van der Waals surface area contributed by atoms with E-state index in [9.17, 15) is 0 Å². The summed E-state index contributed by atoms with van der Waals surface area (Å²) in [5.74, 6) is 0. The minimum atomic E-state index is 1.58. The highest BCUT2D eigenvalue weighted by Gasteiger charge is 1.53. The zero-order chi connectivity index (χ0) is 7.54. The van der Waals surface area contributed by atoms with E-state index in [0.717, 1.165) is 0 Å². The van der Waals surface area contributed by atoms with Crippen LogP contribution in [0.5, 0.6) is 0 Å². The predicted octanol–water partition coefficient (Wildman–Crippen LogP) is 2.28. The molecule has 0 spiro atoms. The lowest BCUT2D eigenvalue weighted by molar-refractivity contribution is 1.28. The van der Waals surface area contributed by atoms with Crippen molar-refractivity contribution in [3.63, 3.8) is 0 Å². The quantitative estimate of drug-likeness (QED) is 0.400. The van der Waals surface area contributed by atoms with E-state index < -0.39 is 0 Å². The molecular formula is C7H14N2. The predicted molar refractivity (Wildman–Crippen MR) is 44.2 cm³/mol. The maximum absolute atomic E-state index is 3.46. The zero-order valence-corrected chi connectivity index (χ0v) is 6.33. The number of nitrogens with zero attached hydrogens (tertiary/aromatic N) is 2. The van der Waals surface area contributed by atoms with Crippen molar-refractivity contribution >= 4 is 12.9 Å². The van der Waals surface area contributed by atoms with Crippen LogP contribution in [0.4, 0.5) is 0 Å². The third-order valence-corrected chi connectivity index (χ3v) is 0.427. The molecule has 0 bridgehead atoms. The Morgan fingerprint density at radius 1 is 1.33 bits per heavy atom. The average Bonchev–Trinajstić information content (AvgIpc) is 1.94. The summed E-state index contributed by atoms with van der Waals surface area (Å²) >= 11 is 0. The van der Waals surface area contributed by atoms with Gasteiger partial charge in [0.25, 0.3) is 0 Å². The van der Waals surface area contributed by atoms with Crippen molar-refractivity contribution in [2.24, 2.45) is 10.2 Å². The molecule has 0 saturated carbocycles. The maximum Gasteiger partial charge on any atom is 0.0492 e. The Balaban J connectivity index is 0. The van der Waals surface area contributed by atoms with E-state index in [1.165, 1.54) is 0 Å². The molecular weight excluding hydrogens is 112 g/mol. The van der Waals surface area contributed by atoms with Crippen LogP contribution in [-0.2, 0) is 0 Å². The average molecular weight is 126 g/mol. The first kappa shape index (κ1) is 11.0. The second kappa shape index (κ2) is 15.7. The van der Waals surface area contributed by atoms with Gasteiger partial charge in [0, 0.05) is 12.9 Å². The van der Waals surface area contributed by atoms with Crippen molar-refractivity contribution in [2.45, 2.75) is 20.8 Å². The van der Waals surface area contributed by atoms with Gasteiger partial charge in [0.1, 0.15) is 0 Å². The van der Waals surface area contributed by atoms with Gasteiger partial charge < -0.3 is 0 Å². The van der Waals surface area contributed by atoms with Crippen molar-refractivity contribution in [2.75, 3.05) is 0 Å². The fraction of sp³-hybridized carbons (Fsp3) is 0.429. The van der Waals surface area contributed by atoms with Gasteiger partial charge in [0.2, 0.25) is 0 Å². The molecule has 0 aromatic carbocycles. The first-order valence-corrected chi connectivity index (χ1v) is 3.02. The summed E-state index contributed by atoms with van der Waals surface area (Å²) in [5, 5.41) is 6.70. The van der Waals surface area contributed by atoms with Crippen LogP contribution < -0.4 is 0 Å². The van der Waals surface area contributed by atoms with Gasteiger partial charge in [-0.05, 0) is 13.0 Å². The molecule has 2 heteroatoms. The molecule has 0 saturated heterocycles. The maximum atomic E-state index is 3.46. The summed E-state index contributed by atoms with van der Waals surface area (Å²) in [6, 6.07) is 0. The second-order valence-electron chi connectivity index (χ2n) is 0.932. The summed E-state index contributed by atoms with van der Waals surface area (Å²) in [4.78, 5) is 0. The molecule has 0 rings (SSSR count). The van der Waals surface area contributed by atoms with E-state index in [4.69, 9.17) is 0 Å². The van der Waals surface area contributed by atoms with Crippen molar-refractivity contribution in [1.82, 2.24) is 0 Å². The lowest BCUT2D eigenvalue weighted by Crippen LogP contribution is -1.56. The molecule has 0 aliphatic rings. The SMILES string of the molecule is C=N/N=C\C=C/C.CC. The summed E-state index contributed by atoms with van der Waals surface area (Å²) in [6.45, 7) is 9.06. The Hall–Kier alpha value is -0.920. The highest BCUT2D eigenvalue weighted by atomic mass is 15.2. The van der Waals surface area contributed by atoms with Gasteiger partial charge in [-0.1, -0.05) is 19.9 Å². The van der Waals surface area contributed by atoms with Crippen molar-refractivity contribution in [3.05, 3.63) is 12.2 Å². The fourth-order valence-electron chi connectivity index (χ4n) is 0.172. The van der Waals surface area contributed by atoms with E-state index >= 15 is 0 Å². The highest BCUT2D eigenvalue weighted by molar-refractivity contribution is 5.70. The van der Waals surface area contributed by atoms with Crippen LogP contribution in [0, 0.1) is 0 Å². The molecule has 0 aliphatic heterocycles. The molecule has 0 unspecified atom stereocenters. The van der Waals surface area contributed by atoms with Crippen LogP contribution in [0.25, 0.3) is 0 Å². The van der Waals surface area contributed by atoms with E-state index in [1.54, 1.807) is 12.3 Å². The lowest BCUT2D eigenvalue weighted by atomic mass is 10.6. The molecule has 0 aliphatic carbocycles. The number of hydrogen-bond acceptors (Lipinski definition) is 2. The van der Waals surface area contributed by atoms with Crippen molar-refractivity contribution in [3.8, 4) is 0 Å². The van der Waals surface area contributed by atoms with Crippen molar-refractivity contribution < 1.29 is 0 Å². The van der Waals surface area contributed by atoms with E-state index in [0.29, 0.717) is 0 Å². The summed E-state index contributed by atoms with van der Waals surface area (Å²) in [7, 11) is 0. The summed E-state index contributed by atoms with van der Waals surface area (Å²) in [6.07, 6.45) is 5.23. The molecule has 0 amide bonds. The monoisotopic (exact) mass is 126 g/mol. The van der Waals surface area contributed by atoms with Gasteiger partial charge in [-0.25, -0.2) is 0 Å². The molecule has 9 heavy (non-hydrogen) atoms. The molecule has 0 fully saturated rings. The Kier molecular flexibility index (Phi) is 19.1. The van der Waals surface area contributed by atoms with Crippen LogP contribution in [-0.4, -0.2) is 12.9 Å². The fourth-order valence-corrected chi connectivity index (χ4v) is 0.172. The van der Waals surface area contributed by atoms with Gasteiger partial charge >= 0.3 is 0 Å². The number of hydrogen-bond donors (Lipinski definition) is 0. The number of allylic oxidation sites excluding steroid dienone is 2. The minimum Gasteiger partial charge on any atom is -0.167 e. The second-order valence-corrected chi connectivity index (χ2v) is 0.932. The van der Waals surface area contributed by atoms with Crippen LogP contribution >= 0.6 is 0 Å². The van der Waals surface area contributed by atoms with E-state index in [1.807, 2.05) is 26.8 Å². The highest BCUT2D eigenvalue weighted by Crippen LogP contribution is 1.65. The molecule has 0 atom stereocenters. The lowest BCUT2D eigenvalue weighted by Gasteiger charge is -1.65. The molecule has 0 radical (unpaired) electrons. The normalized spacial score (nSPS) is 9.22. The van der Waals surface area contributed by atoms with E-state index in [2.05, 4.69) is 16.9 Å². The van der Waals surface area contributed by atoms with Gasteiger partial charge in [0.15, 0.2) is 0 Å². The molecule has 0 aromatic heterocycles. The largest absolute Gasteiger partial charge is 0.167 e.